The second-order valence-corrected chi connectivity index (χ2v) is 6.02. The van der Waals surface area contributed by atoms with Gasteiger partial charge in [0, 0.05) is 5.69 Å². The molecule has 0 saturated carbocycles. The van der Waals surface area contributed by atoms with Crippen LogP contribution >= 0.6 is 0 Å². The number of carbonyl (C=O) groups is 1. The molecule has 1 amide bonds. The first kappa shape index (κ1) is 16.8. The van der Waals surface area contributed by atoms with Crippen LogP contribution in [0.5, 0.6) is 5.75 Å². The average Bonchev–Trinajstić information content (AvgIpc) is 2.99. The van der Waals surface area contributed by atoms with Gasteiger partial charge >= 0.3 is 5.69 Å². The van der Waals surface area contributed by atoms with Crippen LogP contribution in [0.1, 0.15) is 31.7 Å². The molecule has 1 atom stereocenters. The number of fused-ring (bicyclic) bond motifs is 1. The molecule has 3 aromatic rings. The van der Waals surface area contributed by atoms with Gasteiger partial charge in [-0.25, -0.2) is 4.79 Å². The topological polar surface area (TPSA) is 87.0 Å². The molecule has 1 aromatic heterocycles. The van der Waals surface area contributed by atoms with Crippen LogP contribution in [0.25, 0.3) is 11.0 Å². The number of hydrogen-bond acceptors (Lipinski definition) is 3. The number of aromatic nitrogens is 2. The van der Waals surface area contributed by atoms with Gasteiger partial charge in [-0.05, 0) is 42.2 Å². The van der Waals surface area contributed by atoms with Crippen molar-refractivity contribution in [2.75, 3.05) is 11.9 Å². The summed E-state index contributed by atoms with van der Waals surface area (Å²) < 4.78 is 5.71. The number of para-hydroxylation sites is 1. The molecule has 1 heterocycles. The van der Waals surface area contributed by atoms with Gasteiger partial charge in [0.05, 0.1) is 11.0 Å². The third kappa shape index (κ3) is 3.91. The van der Waals surface area contributed by atoms with Gasteiger partial charge in [-0.1, -0.05) is 32.0 Å². The Morgan fingerprint density at radius 1 is 1.16 bits per heavy atom. The third-order valence-corrected chi connectivity index (χ3v) is 4.22. The van der Waals surface area contributed by atoms with E-state index in [1.165, 1.54) is 0 Å². The highest BCUT2D eigenvalue weighted by molar-refractivity contribution is 5.93. The minimum absolute atomic E-state index is 0.0743. The van der Waals surface area contributed by atoms with Crippen LogP contribution in [-0.4, -0.2) is 22.5 Å². The molecule has 1 unspecified atom stereocenters. The van der Waals surface area contributed by atoms with E-state index >= 15 is 0 Å². The molecule has 0 radical (unpaired) electrons. The Labute approximate surface area is 145 Å². The molecule has 0 spiro atoms. The van der Waals surface area contributed by atoms with Gasteiger partial charge in [0.2, 0.25) is 0 Å². The first-order valence-electron chi connectivity index (χ1n) is 8.30. The lowest BCUT2D eigenvalue weighted by Crippen LogP contribution is -2.20. The number of hydrogen-bond donors (Lipinski definition) is 3. The predicted octanol–water partition coefficient (Wildman–Crippen LogP) is 3.39. The number of aromatic amines is 2. The number of carbonyl (C=O) groups excluding carboxylic acids is 1. The summed E-state index contributed by atoms with van der Waals surface area (Å²) in [5, 5.41) is 2.78. The molecule has 25 heavy (non-hydrogen) atoms. The van der Waals surface area contributed by atoms with E-state index in [4.69, 9.17) is 4.74 Å². The van der Waals surface area contributed by atoms with Crippen molar-refractivity contribution in [1.29, 1.82) is 0 Å². The number of rotatable bonds is 6. The molecule has 0 saturated heterocycles. The molecule has 0 aliphatic rings. The number of ether oxygens (including phenoxy) is 1. The molecule has 0 bridgehead atoms. The summed E-state index contributed by atoms with van der Waals surface area (Å²) in [7, 11) is 0. The van der Waals surface area contributed by atoms with Crippen LogP contribution < -0.4 is 15.7 Å². The molecule has 6 heteroatoms. The van der Waals surface area contributed by atoms with E-state index in [1.54, 1.807) is 18.2 Å². The zero-order valence-electron chi connectivity index (χ0n) is 14.3. The van der Waals surface area contributed by atoms with E-state index in [2.05, 4.69) is 29.1 Å². The van der Waals surface area contributed by atoms with E-state index < -0.39 is 0 Å². The minimum Gasteiger partial charge on any atom is -0.483 e. The Balaban J connectivity index is 1.65. The molecule has 130 valence electrons. The van der Waals surface area contributed by atoms with Crippen LogP contribution in [0.4, 0.5) is 5.69 Å². The van der Waals surface area contributed by atoms with Crippen LogP contribution in [0.15, 0.2) is 47.3 Å². The van der Waals surface area contributed by atoms with Gasteiger partial charge in [-0.15, -0.1) is 0 Å². The molecule has 0 aliphatic heterocycles. The fourth-order valence-electron chi connectivity index (χ4n) is 2.69. The number of H-pyrrole nitrogens is 2. The molecule has 6 nitrogen and oxygen atoms in total. The second kappa shape index (κ2) is 7.25. The molecular formula is C19H21N3O3. The fraction of sp³-hybridized carbons (Fsp3) is 0.263. The SMILES string of the molecule is CCC(C)c1ccccc1OCC(=O)Nc1ccc2[nH]c(=O)[nH]c2c1. The zero-order chi connectivity index (χ0) is 17.8. The summed E-state index contributed by atoms with van der Waals surface area (Å²) in [5.41, 5.74) is 2.77. The summed E-state index contributed by atoms with van der Waals surface area (Å²) in [4.78, 5) is 28.8. The highest BCUT2D eigenvalue weighted by Crippen LogP contribution is 2.28. The van der Waals surface area contributed by atoms with E-state index in [0.29, 0.717) is 22.6 Å². The lowest BCUT2D eigenvalue weighted by molar-refractivity contribution is -0.118. The Bertz CT molecular complexity index is 942. The normalized spacial score (nSPS) is 12.1. The maximum absolute atomic E-state index is 12.2. The maximum Gasteiger partial charge on any atom is 0.323 e. The van der Waals surface area contributed by atoms with Gasteiger partial charge in [-0.2, -0.15) is 0 Å². The summed E-state index contributed by atoms with van der Waals surface area (Å²) in [6.45, 7) is 4.18. The van der Waals surface area contributed by atoms with Crippen molar-refractivity contribution >= 4 is 22.6 Å². The molecule has 2 aromatic carbocycles. The van der Waals surface area contributed by atoms with Gasteiger partial charge in [0.15, 0.2) is 6.61 Å². The predicted molar refractivity (Wildman–Crippen MR) is 98.2 cm³/mol. The van der Waals surface area contributed by atoms with Crippen molar-refractivity contribution in [3.05, 3.63) is 58.5 Å². The summed E-state index contributed by atoms with van der Waals surface area (Å²) >= 11 is 0. The summed E-state index contributed by atoms with van der Waals surface area (Å²) in [5.74, 6) is 0.848. The van der Waals surface area contributed by atoms with Crippen molar-refractivity contribution in [2.24, 2.45) is 0 Å². The van der Waals surface area contributed by atoms with E-state index in [1.807, 2.05) is 24.3 Å². The fourth-order valence-corrected chi connectivity index (χ4v) is 2.69. The first-order valence-corrected chi connectivity index (χ1v) is 8.30. The largest absolute Gasteiger partial charge is 0.483 e. The van der Waals surface area contributed by atoms with Crippen molar-refractivity contribution in [3.8, 4) is 5.75 Å². The average molecular weight is 339 g/mol. The van der Waals surface area contributed by atoms with E-state index in [9.17, 15) is 9.59 Å². The zero-order valence-corrected chi connectivity index (χ0v) is 14.3. The Morgan fingerprint density at radius 2 is 1.92 bits per heavy atom. The summed E-state index contributed by atoms with van der Waals surface area (Å²) in [6, 6.07) is 13.0. The monoisotopic (exact) mass is 339 g/mol. The molecule has 0 fully saturated rings. The van der Waals surface area contributed by atoms with E-state index in [0.717, 1.165) is 17.7 Å². The lowest BCUT2D eigenvalue weighted by atomic mass is 9.98. The minimum atomic E-state index is -0.275. The number of imidazole rings is 1. The maximum atomic E-state index is 12.2. The van der Waals surface area contributed by atoms with Crippen molar-refractivity contribution in [2.45, 2.75) is 26.2 Å². The van der Waals surface area contributed by atoms with Gasteiger partial charge in [-0.3, -0.25) is 4.79 Å². The van der Waals surface area contributed by atoms with Crippen LogP contribution in [0.3, 0.4) is 0 Å². The second-order valence-electron chi connectivity index (χ2n) is 6.02. The quantitative estimate of drug-likeness (QED) is 0.643. The van der Waals surface area contributed by atoms with Crippen LogP contribution in [0.2, 0.25) is 0 Å². The van der Waals surface area contributed by atoms with Crippen molar-refractivity contribution < 1.29 is 9.53 Å². The smallest absolute Gasteiger partial charge is 0.323 e. The Hall–Kier alpha value is -3.02. The van der Waals surface area contributed by atoms with Crippen molar-refractivity contribution in [3.63, 3.8) is 0 Å². The molecule has 0 aliphatic carbocycles. The third-order valence-electron chi connectivity index (χ3n) is 4.22. The number of anilines is 1. The Kier molecular flexibility index (Phi) is 4.88. The highest BCUT2D eigenvalue weighted by Gasteiger charge is 2.11. The van der Waals surface area contributed by atoms with E-state index in [-0.39, 0.29) is 18.2 Å². The lowest BCUT2D eigenvalue weighted by Gasteiger charge is -2.15. The van der Waals surface area contributed by atoms with Gasteiger partial charge in [0.25, 0.3) is 5.91 Å². The Morgan fingerprint density at radius 3 is 2.72 bits per heavy atom. The molecule has 3 N–H and O–H groups in total. The molecule has 3 rings (SSSR count). The van der Waals surface area contributed by atoms with Gasteiger partial charge < -0.3 is 20.0 Å². The highest BCUT2D eigenvalue weighted by atomic mass is 16.5. The van der Waals surface area contributed by atoms with Crippen molar-refractivity contribution in [1.82, 2.24) is 9.97 Å². The summed E-state index contributed by atoms with van der Waals surface area (Å²) in [6.07, 6.45) is 1.00. The number of benzene rings is 2. The van der Waals surface area contributed by atoms with Gasteiger partial charge in [0.1, 0.15) is 5.75 Å². The molecular weight excluding hydrogens is 318 g/mol. The first-order chi connectivity index (χ1) is 12.1. The van der Waals surface area contributed by atoms with Crippen LogP contribution in [0, 0.1) is 0 Å². The standard InChI is InChI=1S/C19H21N3O3/c1-3-12(2)14-6-4-5-7-17(14)25-11-18(23)20-13-8-9-15-16(10-13)22-19(24)21-15/h4-10,12H,3,11H2,1-2H3,(H,20,23)(H2,21,22,24). The number of amides is 1. The van der Waals surface area contributed by atoms with Crippen LogP contribution in [-0.2, 0) is 4.79 Å². The number of nitrogens with one attached hydrogen (secondary N) is 3.